The highest BCUT2D eigenvalue weighted by Crippen LogP contribution is 2.46. The monoisotopic (exact) mass is 401 g/mol. The summed E-state index contributed by atoms with van der Waals surface area (Å²) in [7, 11) is -1.84. The summed E-state index contributed by atoms with van der Waals surface area (Å²) in [5, 5.41) is 10.0. The molecule has 1 aromatic carbocycles. The molecule has 2 atom stereocenters. The van der Waals surface area contributed by atoms with Crippen molar-refractivity contribution in [3.63, 3.8) is 0 Å². The number of nitriles is 1. The molecule has 1 heterocycles. The lowest BCUT2D eigenvalue weighted by Crippen LogP contribution is -2.44. The van der Waals surface area contributed by atoms with E-state index in [4.69, 9.17) is 13.9 Å². The Morgan fingerprint density at radius 1 is 1.29 bits per heavy atom. The van der Waals surface area contributed by atoms with E-state index in [1.165, 1.54) is 17.5 Å². The molecule has 4 nitrogen and oxygen atoms in total. The summed E-state index contributed by atoms with van der Waals surface area (Å²) in [4.78, 5) is 0. The highest BCUT2D eigenvalue weighted by atomic mass is 28.4. The van der Waals surface area contributed by atoms with Crippen molar-refractivity contribution in [3.05, 3.63) is 29.3 Å². The molecule has 1 saturated heterocycles. The van der Waals surface area contributed by atoms with Gasteiger partial charge in [-0.25, -0.2) is 0 Å². The van der Waals surface area contributed by atoms with Crippen LogP contribution in [0.2, 0.25) is 18.1 Å². The summed E-state index contributed by atoms with van der Waals surface area (Å²) in [6.07, 6.45) is 5.79. The highest BCUT2D eigenvalue weighted by Gasteiger charge is 2.44. The predicted octanol–water partition coefficient (Wildman–Crippen LogP) is 5.71. The molecule has 2 unspecified atom stereocenters. The van der Waals surface area contributed by atoms with Crippen LogP contribution >= 0.6 is 0 Å². The Bertz CT molecular complexity index is 728. The molecule has 154 valence electrons. The van der Waals surface area contributed by atoms with Crippen molar-refractivity contribution in [3.8, 4) is 11.8 Å². The lowest BCUT2D eigenvalue weighted by Gasteiger charge is -2.40. The average Bonchev–Trinajstić information content (AvgIpc) is 2.62. The van der Waals surface area contributed by atoms with Crippen LogP contribution in [0.25, 0.3) is 0 Å². The molecule has 0 saturated carbocycles. The van der Waals surface area contributed by atoms with E-state index in [-0.39, 0.29) is 16.7 Å². The van der Waals surface area contributed by atoms with Gasteiger partial charge in [0.05, 0.1) is 11.5 Å². The van der Waals surface area contributed by atoms with Gasteiger partial charge in [-0.05, 0) is 79.9 Å². The Morgan fingerprint density at radius 3 is 2.68 bits per heavy atom. The number of benzene rings is 1. The van der Waals surface area contributed by atoms with Crippen molar-refractivity contribution in [2.75, 3.05) is 13.2 Å². The second-order valence-corrected chi connectivity index (χ2v) is 14.5. The van der Waals surface area contributed by atoms with Gasteiger partial charge in [0.15, 0.2) is 6.29 Å². The van der Waals surface area contributed by atoms with Crippen molar-refractivity contribution in [2.24, 2.45) is 0 Å². The first kappa shape index (κ1) is 21.4. The van der Waals surface area contributed by atoms with E-state index in [0.29, 0.717) is 6.61 Å². The molecule has 0 spiro atoms. The van der Waals surface area contributed by atoms with Gasteiger partial charge in [0.2, 0.25) is 8.32 Å². The van der Waals surface area contributed by atoms with Gasteiger partial charge in [-0.2, -0.15) is 5.26 Å². The molecule has 0 amide bonds. The molecule has 3 rings (SSSR count). The van der Waals surface area contributed by atoms with Crippen LogP contribution in [0.5, 0.6) is 5.75 Å². The van der Waals surface area contributed by atoms with Gasteiger partial charge in [-0.3, -0.25) is 0 Å². The quantitative estimate of drug-likeness (QED) is 0.434. The maximum atomic E-state index is 9.85. The molecule has 1 aromatic rings. The van der Waals surface area contributed by atoms with Crippen molar-refractivity contribution in [1.29, 1.82) is 5.26 Å². The first-order chi connectivity index (χ1) is 13.2. The minimum atomic E-state index is -1.84. The minimum absolute atomic E-state index is 0.0458. The molecular formula is C23H35NO3Si. The summed E-state index contributed by atoms with van der Waals surface area (Å²) in [6.45, 7) is 12.8. The normalized spacial score (nSPS) is 24.8. The van der Waals surface area contributed by atoms with E-state index >= 15 is 0 Å². The maximum absolute atomic E-state index is 9.85. The summed E-state index contributed by atoms with van der Waals surface area (Å²) in [6, 6.07) is 8.89. The van der Waals surface area contributed by atoms with Gasteiger partial charge >= 0.3 is 0 Å². The Balaban J connectivity index is 1.57. The third-order valence-electron chi connectivity index (χ3n) is 6.67. The molecule has 0 radical (unpaired) electrons. The second kappa shape index (κ2) is 8.18. The lowest BCUT2D eigenvalue weighted by molar-refractivity contribution is -0.163. The summed E-state index contributed by atoms with van der Waals surface area (Å²) >= 11 is 0. The van der Waals surface area contributed by atoms with E-state index in [9.17, 15) is 5.26 Å². The number of hydrogen-bond acceptors (Lipinski definition) is 4. The van der Waals surface area contributed by atoms with Crippen LogP contribution in [0.4, 0.5) is 0 Å². The number of hydrogen-bond donors (Lipinski definition) is 0. The van der Waals surface area contributed by atoms with Crippen LogP contribution in [-0.4, -0.2) is 27.8 Å². The SMILES string of the molecule is CC(C)(C)[Si](C)(C)Oc1ccc2c(c1)CC2(C#N)CCCOC1CCCCO1. The van der Waals surface area contributed by atoms with Gasteiger partial charge in [0.1, 0.15) is 5.75 Å². The summed E-state index contributed by atoms with van der Waals surface area (Å²) in [5.74, 6) is 0.953. The fourth-order valence-corrected chi connectivity index (χ4v) is 4.84. The molecule has 1 fully saturated rings. The number of ether oxygens (including phenoxy) is 2. The molecule has 1 aliphatic carbocycles. The number of rotatable bonds is 7. The van der Waals surface area contributed by atoms with Crippen LogP contribution in [0.1, 0.15) is 64.0 Å². The maximum Gasteiger partial charge on any atom is 0.250 e. The first-order valence-electron chi connectivity index (χ1n) is 10.6. The molecule has 0 bridgehead atoms. The van der Waals surface area contributed by atoms with Gasteiger partial charge in [0, 0.05) is 13.2 Å². The Labute approximate surface area is 171 Å². The first-order valence-corrected chi connectivity index (χ1v) is 13.5. The van der Waals surface area contributed by atoms with Crippen LogP contribution in [0.15, 0.2) is 18.2 Å². The summed E-state index contributed by atoms with van der Waals surface area (Å²) < 4.78 is 17.9. The van der Waals surface area contributed by atoms with E-state index in [1.807, 2.05) is 0 Å². The number of fused-ring (bicyclic) bond motifs is 1. The Hall–Kier alpha value is -1.35. The van der Waals surface area contributed by atoms with Gasteiger partial charge in [-0.1, -0.05) is 26.8 Å². The largest absolute Gasteiger partial charge is 0.543 e. The zero-order valence-corrected chi connectivity index (χ0v) is 19.1. The third-order valence-corrected chi connectivity index (χ3v) is 11.0. The zero-order valence-electron chi connectivity index (χ0n) is 18.1. The molecular weight excluding hydrogens is 366 g/mol. The topological polar surface area (TPSA) is 51.5 Å². The fraction of sp³-hybridized carbons (Fsp3) is 0.696. The molecule has 5 heteroatoms. The third kappa shape index (κ3) is 4.45. The Kier molecular flexibility index (Phi) is 6.24. The van der Waals surface area contributed by atoms with Crippen LogP contribution in [0, 0.1) is 11.3 Å². The molecule has 0 N–H and O–H groups in total. The van der Waals surface area contributed by atoms with Crippen molar-refractivity contribution >= 4 is 8.32 Å². The lowest BCUT2D eigenvalue weighted by atomic mass is 9.62. The van der Waals surface area contributed by atoms with Gasteiger partial charge in [-0.15, -0.1) is 0 Å². The van der Waals surface area contributed by atoms with Crippen LogP contribution in [-0.2, 0) is 21.3 Å². The van der Waals surface area contributed by atoms with E-state index in [0.717, 1.165) is 44.5 Å². The smallest absolute Gasteiger partial charge is 0.250 e. The van der Waals surface area contributed by atoms with Crippen molar-refractivity contribution in [2.45, 2.75) is 89.1 Å². The molecule has 28 heavy (non-hydrogen) atoms. The standard InChI is InChI=1S/C23H35NO3Si/c1-22(2,3)28(4,5)27-19-10-11-20-18(15-19)16-23(20,17-24)12-8-14-26-21-9-6-7-13-25-21/h10-11,15,21H,6-9,12-14,16H2,1-5H3. The van der Waals surface area contributed by atoms with E-state index < -0.39 is 8.32 Å². The van der Waals surface area contributed by atoms with Crippen LogP contribution < -0.4 is 4.43 Å². The molecule has 0 aromatic heterocycles. The predicted molar refractivity (Wildman–Crippen MR) is 114 cm³/mol. The summed E-state index contributed by atoms with van der Waals surface area (Å²) in [5.41, 5.74) is 2.07. The van der Waals surface area contributed by atoms with Crippen LogP contribution in [0.3, 0.4) is 0 Å². The molecule has 1 aliphatic heterocycles. The Morgan fingerprint density at radius 2 is 2.07 bits per heavy atom. The van der Waals surface area contributed by atoms with Crippen molar-refractivity contribution < 1.29 is 13.9 Å². The fourth-order valence-electron chi connectivity index (χ4n) is 3.82. The zero-order chi connectivity index (χ0) is 20.4. The van der Waals surface area contributed by atoms with E-state index in [1.54, 1.807) is 0 Å². The minimum Gasteiger partial charge on any atom is -0.543 e. The van der Waals surface area contributed by atoms with Gasteiger partial charge < -0.3 is 13.9 Å². The number of nitrogens with zero attached hydrogens (tertiary/aromatic N) is 1. The second-order valence-electron chi connectivity index (χ2n) is 9.82. The van der Waals surface area contributed by atoms with Crippen molar-refractivity contribution in [1.82, 2.24) is 0 Å². The average molecular weight is 402 g/mol. The van der Waals surface area contributed by atoms with Gasteiger partial charge in [0.25, 0.3) is 0 Å². The molecule has 2 aliphatic rings. The van der Waals surface area contributed by atoms with E-state index in [2.05, 4.69) is 58.1 Å². The highest BCUT2D eigenvalue weighted by molar-refractivity contribution is 6.74.